The number of nitro groups is 1. The lowest BCUT2D eigenvalue weighted by molar-refractivity contribution is -0.384. The van der Waals surface area contributed by atoms with Gasteiger partial charge in [0.2, 0.25) is 5.82 Å². The summed E-state index contributed by atoms with van der Waals surface area (Å²) >= 11 is 1.70. The van der Waals surface area contributed by atoms with Gasteiger partial charge in [-0.2, -0.15) is 5.10 Å². The Morgan fingerprint density at radius 2 is 2.35 bits per heavy atom. The van der Waals surface area contributed by atoms with Gasteiger partial charge in [0.15, 0.2) is 0 Å². The van der Waals surface area contributed by atoms with Crippen LogP contribution in [0.4, 0.5) is 11.5 Å². The zero-order chi connectivity index (χ0) is 14.3. The lowest BCUT2D eigenvalue weighted by Crippen LogP contribution is -2.25. The molecule has 20 heavy (non-hydrogen) atoms. The van der Waals surface area contributed by atoms with Gasteiger partial charge in [-0.3, -0.25) is 10.1 Å². The highest BCUT2D eigenvalue weighted by Crippen LogP contribution is 2.42. The molecule has 0 N–H and O–H groups in total. The van der Waals surface area contributed by atoms with Crippen molar-refractivity contribution >= 4 is 22.8 Å². The summed E-state index contributed by atoms with van der Waals surface area (Å²) < 4.78 is 1.64. The van der Waals surface area contributed by atoms with Crippen molar-refractivity contribution in [1.29, 1.82) is 0 Å². The van der Waals surface area contributed by atoms with E-state index in [1.807, 2.05) is 6.07 Å². The maximum atomic E-state index is 11.3. The maximum absolute atomic E-state index is 11.3. The molecule has 0 saturated carbocycles. The van der Waals surface area contributed by atoms with Gasteiger partial charge in [-0.1, -0.05) is 6.07 Å². The molecule has 6 nitrogen and oxygen atoms in total. The van der Waals surface area contributed by atoms with Crippen molar-refractivity contribution in [3.05, 3.63) is 38.2 Å². The van der Waals surface area contributed by atoms with E-state index < -0.39 is 0 Å². The Morgan fingerprint density at radius 1 is 1.55 bits per heavy atom. The highest BCUT2D eigenvalue weighted by molar-refractivity contribution is 7.10. The van der Waals surface area contributed by atoms with Crippen LogP contribution in [-0.4, -0.2) is 21.2 Å². The molecule has 0 spiro atoms. The first-order valence-electron chi connectivity index (χ1n) is 6.57. The first kappa shape index (κ1) is 13.1. The molecular formula is C13H16N4O2S. The van der Waals surface area contributed by atoms with Gasteiger partial charge in [-0.15, -0.1) is 11.3 Å². The van der Waals surface area contributed by atoms with E-state index in [-0.39, 0.29) is 16.7 Å². The first-order chi connectivity index (χ1) is 9.59. The second-order valence-electron chi connectivity index (χ2n) is 5.01. The van der Waals surface area contributed by atoms with Crippen LogP contribution in [0.5, 0.6) is 0 Å². The molecule has 1 aliphatic heterocycles. The Labute approximate surface area is 120 Å². The van der Waals surface area contributed by atoms with Crippen molar-refractivity contribution in [3.63, 3.8) is 0 Å². The van der Waals surface area contributed by atoms with Gasteiger partial charge in [-0.25, -0.2) is 4.68 Å². The molecule has 3 rings (SSSR count). The van der Waals surface area contributed by atoms with Gasteiger partial charge in [0, 0.05) is 18.5 Å². The summed E-state index contributed by atoms with van der Waals surface area (Å²) in [6, 6.07) is 4.35. The van der Waals surface area contributed by atoms with Crippen molar-refractivity contribution in [2.24, 2.45) is 7.05 Å². The summed E-state index contributed by atoms with van der Waals surface area (Å²) in [6.45, 7) is 2.53. The van der Waals surface area contributed by atoms with Gasteiger partial charge in [0.05, 0.1) is 11.0 Å². The fourth-order valence-electron chi connectivity index (χ4n) is 2.97. The number of aromatic nitrogens is 2. The Balaban J connectivity index is 2.06. The molecule has 0 aromatic carbocycles. The maximum Gasteiger partial charge on any atom is 0.333 e. The van der Waals surface area contributed by atoms with E-state index in [0.29, 0.717) is 11.5 Å². The Kier molecular flexibility index (Phi) is 3.21. The van der Waals surface area contributed by atoms with Crippen LogP contribution in [0.25, 0.3) is 0 Å². The van der Waals surface area contributed by atoms with Gasteiger partial charge >= 0.3 is 5.69 Å². The topological polar surface area (TPSA) is 64.2 Å². The predicted molar refractivity (Wildman–Crippen MR) is 78.2 cm³/mol. The average molecular weight is 292 g/mol. The molecule has 106 valence electrons. The summed E-state index contributed by atoms with van der Waals surface area (Å²) in [4.78, 5) is 14.4. The highest BCUT2D eigenvalue weighted by Gasteiger charge is 2.35. The van der Waals surface area contributed by atoms with E-state index in [2.05, 4.69) is 21.4 Å². The predicted octanol–water partition coefficient (Wildman–Crippen LogP) is 3.04. The summed E-state index contributed by atoms with van der Waals surface area (Å²) in [6.07, 6.45) is 2.08. The lowest BCUT2D eigenvalue weighted by atomic mass is 10.2. The van der Waals surface area contributed by atoms with Crippen LogP contribution in [0.3, 0.4) is 0 Å². The standard InChI is InChI=1S/C13H16N4O2S/c1-9-12(17(18)19)13(15(2)14-9)16-7-3-5-10(16)11-6-4-8-20-11/h4,6,8,10H,3,5,7H2,1-2H3. The molecule has 0 radical (unpaired) electrons. The quantitative estimate of drug-likeness (QED) is 0.644. The fraction of sp³-hybridized carbons (Fsp3) is 0.462. The summed E-state index contributed by atoms with van der Waals surface area (Å²) in [5, 5.41) is 17.6. The molecule has 0 aliphatic carbocycles. The van der Waals surface area contributed by atoms with Gasteiger partial charge in [0.25, 0.3) is 0 Å². The number of anilines is 1. The molecule has 1 unspecified atom stereocenters. The minimum atomic E-state index is -0.318. The third kappa shape index (κ3) is 1.98. The minimum absolute atomic E-state index is 0.135. The zero-order valence-electron chi connectivity index (χ0n) is 11.4. The zero-order valence-corrected chi connectivity index (χ0v) is 12.3. The third-order valence-corrected chi connectivity index (χ3v) is 4.71. The van der Waals surface area contributed by atoms with Crippen molar-refractivity contribution in [2.45, 2.75) is 25.8 Å². The first-order valence-corrected chi connectivity index (χ1v) is 7.45. The van der Waals surface area contributed by atoms with Crippen LogP contribution in [0.2, 0.25) is 0 Å². The lowest BCUT2D eigenvalue weighted by Gasteiger charge is -2.24. The average Bonchev–Trinajstić information content (AvgIpc) is 3.06. The molecule has 1 atom stereocenters. The second-order valence-corrected chi connectivity index (χ2v) is 5.98. The molecule has 2 aromatic rings. The highest BCUT2D eigenvalue weighted by atomic mass is 32.1. The Bertz CT molecular complexity index is 635. The number of thiophene rings is 1. The normalized spacial score (nSPS) is 18.7. The molecule has 1 saturated heterocycles. The minimum Gasteiger partial charge on any atom is -0.343 e. The Hall–Kier alpha value is -1.89. The third-order valence-electron chi connectivity index (χ3n) is 3.74. The Morgan fingerprint density at radius 3 is 3.00 bits per heavy atom. The molecule has 3 heterocycles. The van der Waals surface area contributed by atoms with Crippen LogP contribution in [0.15, 0.2) is 17.5 Å². The van der Waals surface area contributed by atoms with E-state index in [0.717, 1.165) is 19.4 Å². The van der Waals surface area contributed by atoms with Gasteiger partial charge < -0.3 is 4.90 Å². The SMILES string of the molecule is Cc1nn(C)c(N2CCCC2c2cccs2)c1[N+](=O)[O-]. The van der Waals surface area contributed by atoms with E-state index in [1.54, 1.807) is 30.0 Å². The van der Waals surface area contributed by atoms with Crippen LogP contribution >= 0.6 is 11.3 Å². The van der Waals surface area contributed by atoms with Crippen LogP contribution in [0.1, 0.15) is 29.5 Å². The molecule has 0 amide bonds. The molecule has 7 heteroatoms. The number of nitrogens with zero attached hydrogens (tertiary/aromatic N) is 4. The monoisotopic (exact) mass is 292 g/mol. The van der Waals surface area contributed by atoms with Crippen LogP contribution in [-0.2, 0) is 7.05 Å². The van der Waals surface area contributed by atoms with Crippen LogP contribution < -0.4 is 4.90 Å². The molecule has 0 bridgehead atoms. The van der Waals surface area contributed by atoms with E-state index in [1.165, 1.54) is 4.88 Å². The number of rotatable bonds is 3. The van der Waals surface area contributed by atoms with E-state index in [9.17, 15) is 10.1 Å². The van der Waals surface area contributed by atoms with Crippen molar-refractivity contribution < 1.29 is 4.92 Å². The van der Waals surface area contributed by atoms with Crippen molar-refractivity contribution in [1.82, 2.24) is 9.78 Å². The van der Waals surface area contributed by atoms with Crippen LogP contribution in [0, 0.1) is 17.0 Å². The summed E-state index contributed by atoms with van der Waals surface area (Å²) in [5.74, 6) is 0.628. The van der Waals surface area contributed by atoms with E-state index in [4.69, 9.17) is 0 Å². The second kappa shape index (κ2) is 4.90. The molecule has 1 aliphatic rings. The number of aryl methyl sites for hydroxylation is 2. The largest absolute Gasteiger partial charge is 0.343 e. The molecule has 1 fully saturated rings. The van der Waals surface area contributed by atoms with Gasteiger partial charge in [-0.05, 0) is 31.2 Å². The smallest absolute Gasteiger partial charge is 0.333 e. The van der Waals surface area contributed by atoms with Crippen molar-refractivity contribution in [2.75, 3.05) is 11.4 Å². The molecule has 2 aromatic heterocycles. The summed E-state index contributed by atoms with van der Waals surface area (Å²) in [7, 11) is 1.78. The van der Waals surface area contributed by atoms with Crippen molar-refractivity contribution in [3.8, 4) is 0 Å². The molecular weight excluding hydrogens is 276 g/mol. The van der Waals surface area contributed by atoms with Gasteiger partial charge in [0.1, 0.15) is 5.69 Å². The fourth-order valence-corrected chi connectivity index (χ4v) is 3.84. The van der Waals surface area contributed by atoms with E-state index >= 15 is 0 Å². The number of hydrogen-bond donors (Lipinski definition) is 0. The summed E-state index contributed by atoms with van der Waals surface area (Å²) in [5.41, 5.74) is 0.611. The number of hydrogen-bond acceptors (Lipinski definition) is 5.